The van der Waals surface area contributed by atoms with Crippen molar-refractivity contribution in [3.05, 3.63) is 24.3 Å². The number of ether oxygens (including phenoxy) is 4. The molecule has 1 rings (SSSR count). The van der Waals surface area contributed by atoms with Crippen LogP contribution in [0, 0.1) is 0 Å². The molecule has 48 heavy (non-hydrogen) atoms. The molecule has 0 aliphatic carbocycles. The fraction of sp³-hybridized carbons (Fsp3) is 0.842. The van der Waals surface area contributed by atoms with E-state index in [0.717, 1.165) is 51.4 Å². The van der Waals surface area contributed by atoms with Crippen LogP contribution in [0.4, 0.5) is 0 Å². The van der Waals surface area contributed by atoms with Gasteiger partial charge in [0.15, 0.2) is 12.4 Å². The minimum atomic E-state index is -1.59. The average Bonchev–Trinajstić information content (AvgIpc) is 3.08. The lowest BCUT2D eigenvalue weighted by molar-refractivity contribution is -0.305. The maximum Gasteiger partial charge on any atom is 0.306 e. The third-order valence-electron chi connectivity index (χ3n) is 8.59. The summed E-state index contributed by atoms with van der Waals surface area (Å²) in [7, 11) is 0. The van der Waals surface area contributed by atoms with Crippen LogP contribution in [0.1, 0.15) is 149 Å². The number of hydrogen-bond acceptors (Lipinski definition) is 10. The maximum absolute atomic E-state index is 12.6. The molecule has 280 valence electrons. The Morgan fingerprint density at radius 1 is 0.646 bits per heavy atom. The molecule has 0 aromatic carbocycles. The summed E-state index contributed by atoms with van der Waals surface area (Å²) in [4.78, 5) is 24.8. The summed E-state index contributed by atoms with van der Waals surface area (Å²) in [5.41, 5.74) is 0. The second-order valence-corrected chi connectivity index (χ2v) is 13.0. The highest BCUT2D eigenvalue weighted by atomic mass is 16.7. The maximum atomic E-state index is 12.6. The minimum Gasteiger partial charge on any atom is -0.462 e. The van der Waals surface area contributed by atoms with Gasteiger partial charge >= 0.3 is 11.9 Å². The molecule has 1 heterocycles. The largest absolute Gasteiger partial charge is 0.462 e. The Morgan fingerprint density at radius 2 is 1.17 bits per heavy atom. The van der Waals surface area contributed by atoms with Gasteiger partial charge in [-0.25, -0.2) is 0 Å². The molecule has 6 atom stereocenters. The van der Waals surface area contributed by atoms with Gasteiger partial charge in [0, 0.05) is 12.8 Å². The van der Waals surface area contributed by atoms with Crippen molar-refractivity contribution in [3.8, 4) is 0 Å². The number of esters is 2. The summed E-state index contributed by atoms with van der Waals surface area (Å²) in [6.07, 6.45) is 22.5. The molecule has 0 aromatic heterocycles. The highest BCUT2D eigenvalue weighted by molar-refractivity contribution is 5.70. The van der Waals surface area contributed by atoms with Crippen molar-refractivity contribution in [3.63, 3.8) is 0 Å². The van der Waals surface area contributed by atoms with E-state index in [4.69, 9.17) is 18.9 Å². The third kappa shape index (κ3) is 22.0. The summed E-state index contributed by atoms with van der Waals surface area (Å²) in [6, 6.07) is 0. The molecule has 10 nitrogen and oxygen atoms in total. The molecular weight excluding hydrogens is 616 g/mol. The van der Waals surface area contributed by atoms with E-state index in [9.17, 15) is 30.0 Å². The van der Waals surface area contributed by atoms with Crippen molar-refractivity contribution in [1.29, 1.82) is 0 Å². The molecule has 1 aliphatic heterocycles. The summed E-state index contributed by atoms with van der Waals surface area (Å²) >= 11 is 0. The Bertz CT molecular complexity index is 845. The van der Waals surface area contributed by atoms with E-state index in [1.165, 1.54) is 57.8 Å². The molecule has 1 saturated heterocycles. The number of allylic oxidation sites excluding steroid dienone is 4. The number of aliphatic hydroxyl groups is 4. The van der Waals surface area contributed by atoms with E-state index in [0.29, 0.717) is 12.8 Å². The van der Waals surface area contributed by atoms with E-state index in [1.54, 1.807) is 0 Å². The molecular formula is C38H68O10. The zero-order chi connectivity index (χ0) is 35.2. The second kappa shape index (κ2) is 30.0. The lowest BCUT2D eigenvalue weighted by atomic mass is 9.99. The lowest BCUT2D eigenvalue weighted by Crippen LogP contribution is -2.59. The summed E-state index contributed by atoms with van der Waals surface area (Å²) < 4.78 is 21.8. The van der Waals surface area contributed by atoms with Gasteiger partial charge in [-0.2, -0.15) is 0 Å². The van der Waals surface area contributed by atoms with Gasteiger partial charge in [-0.1, -0.05) is 115 Å². The first-order valence-electron chi connectivity index (χ1n) is 18.9. The van der Waals surface area contributed by atoms with Gasteiger partial charge in [0.25, 0.3) is 0 Å². The first-order valence-corrected chi connectivity index (χ1v) is 18.9. The van der Waals surface area contributed by atoms with Gasteiger partial charge in [0.1, 0.15) is 31.0 Å². The molecule has 0 aromatic rings. The van der Waals surface area contributed by atoms with Crippen LogP contribution in [0.25, 0.3) is 0 Å². The normalized spacial score (nSPS) is 22.0. The number of unbranched alkanes of at least 4 members (excludes halogenated alkanes) is 15. The van der Waals surface area contributed by atoms with Gasteiger partial charge < -0.3 is 39.4 Å². The number of aliphatic hydroxyl groups excluding tert-OH is 4. The zero-order valence-corrected chi connectivity index (χ0v) is 30.0. The van der Waals surface area contributed by atoms with Crippen LogP contribution in [0.5, 0.6) is 0 Å². The van der Waals surface area contributed by atoms with Crippen LogP contribution in [-0.2, 0) is 28.5 Å². The van der Waals surface area contributed by atoms with Crippen molar-refractivity contribution < 1.29 is 49.0 Å². The Morgan fingerprint density at radius 3 is 1.77 bits per heavy atom. The van der Waals surface area contributed by atoms with Gasteiger partial charge in [-0.05, 0) is 44.9 Å². The molecule has 1 fully saturated rings. The number of hydrogen-bond donors (Lipinski definition) is 4. The predicted molar refractivity (Wildman–Crippen MR) is 187 cm³/mol. The highest BCUT2D eigenvalue weighted by Crippen LogP contribution is 2.22. The molecule has 0 saturated carbocycles. The van der Waals surface area contributed by atoms with Gasteiger partial charge in [0.2, 0.25) is 0 Å². The molecule has 0 spiro atoms. The summed E-state index contributed by atoms with van der Waals surface area (Å²) in [5.74, 6) is -0.832. The fourth-order valence-electron chi connectivity index (χ4n) is 5.51. The van der Waals surface area contributed by atoms with Crippen molar-refractivity contribution in [2.45, 2.75) is 185 Å². The quantitative estimate of drug-likeness (QED) is 0.0370. The van der Waals surface area contributed by atoms with Crippen molar-refractivity contribution in [2.75, 3.05) is 19.8 Å². The lowest BCUT2D eigenvalue weighted by Gasteiger charge is -2.39. The molecule has 0 bridgehead atoms. The second-order valence-electron chi connectivity index (χ2n) is 13.0. The first-order chi connectivity index (χ1) is 23.3. The van der Waals surface area contributed by atoms with E-state index in [-0.39, 0.29) is 26.1 Å². The van der Waals surface area contributed by atoms with E-state index in [2.05, 4.69) is 38.2 Å². The third-order valence-corrected chi connectivity index (χ3v) is 8.59. The predicted octanol–water partition coefficient (Wildman–Crippen LogP) is 6.60. The number of carbonyl (C=O) groups is 2. The Balaban J connectivity index is 2.27. The Hall–Kier alpha value is -1.82. The van der Waals surface area contributed by atoms with E-state index in [1.807, 2.05) is 0 Å². The van der Waals surface area contributed by atoms with Crippen molar-refractivity contribution in [2.24, 2.45) is 0 Å². The Labute approximate surface area is 290 Å². The molecule has 6 unspecified atom stereocenters. The number of carbonyl (C=O) groups excluding carboxylic acids is 2. The van der Waals surface area contributed by atoms with Crippen LogP contribution < -0.4 is 0 Å². The van der Waals surface area contributed by atoms with E-state index >= 15 is 0 Å². The monoisotopic (exact) mass is 684 g/mol. The highest BCUT2D eigenvalue weighted by Gasteiger charge is 2.44. The molecule has 4 N–H and O–H groups in total. The smallest absolute Gasteiger partial charge is 0.306 e. The zero-order valence-electron chi connectivity index (χ0n) is 30.0. The van der Waals surface area contributed by atoms with Gasteiger partial charge in [0.05, 0.1) is 13.2 Å². The topological polar surface area (TPSA) is 152 Å². The molecule has 10 heteroatoms. The molecule has 0 radical (unpaired) electrons. The first kappa shape index (κ1) is 44.2. The van der Waals surface area contributed by atoms with E-state index < -0.39 is 55.4 Å². The van der Waals surface area contributed by atoms with Gasteiger partial charge in [-0.15, -0.1) is 0 Å². The van der Waals surface area contributed by atoms with Crippen molar-refractivity contribution >= 4 is 11.9 Å². The molecule has 0 amide bonds. The molecule has 1 aliphatic rings. The van der Waals surface area contributed by atoms with Crippen LogP contribution in [0.3, 0.4) is 0 Å². The van der Waals surface area contributed by atoms with Crippen LogP contribution in [0.15, 0.2) is 24.3 Å². The number of rotatable bonds is 30. The summed E-state index contributed by atoms with van der Waals surface area (Å²) in [6.45, 7) is 3.24. The summed E-state index contributed by atoms with van der Waals surface area (Å²) in [5, 5.41) is 39.7. The van der Waals surface area contributed by atoms with Crippen LogP contribution in [-0.4, -0.2) is 89.0 Å². The minimum absolute atomic E-state index is 0.220. The fourth-order valence-corrected chi connectivity index (χ4v) is 5.51. The van der Waals surface area contributed by atoms with Crippen LogP contribution >= 0.6 is 0 Å². The van der Waals surface area contributed by atoms with Crippen molar-refractivity contribution in [1.82, 2.24) is 0 Å². The van der Waals surface area contributed by atoms with Crippen LogP contribution in [0.2, 0.25) is 0 Å². The Kier molecular flexibility index (Phi) is 27.7. The standard InChI is InChI=1S/C38H68O10/c1-3-5-7-9-10-11-12-13-14-15-16-17-18-19-20-21-22-23-25-27-34(41)47-31(29-45-33(40)26-24-8-6-4-2)30-46-38-37(44)36(43)35(42)32(28-39)48-38/h10-11,13-14,31-32,35-39,42-44H,3-9,12,15-30H2,1-2H3/b11-10-,14-13-. The van der Waals surface area contributed by atoms with Gasteiger partial charge in [-0.3, -0.25) is 9.59 Å². The average molecular weight is 685 g/mol. The SMILES string of the molecule is CCCCC/C=C\C/C=C\CCCCCCCCCCCC(=O)OC(COC(=O)CCCCCC)COC1OC(CO)C(O)C(O)C1O.